The lowest BCUT2D eigenvalue weighted by Crippen LogP contribution is -2.26. The first-order valence-corrected chi connectivity index (χ1v) is 5.88. The lowest BCUT2D eigenvalue weighted by Gasteiger charge is -2.11. The third-order valence-electron chi connectivity index (χ3n) is 2.53. The van der Waals surface area contributed by atoms with Crippen LogP contribution in [-0.4, -0.2) is 17.1 Å². The van der Waals surface area contributed by atoms with Crippen LogP contribution in [0.5, 0.6) is 5.75 Å². The van der Waals surface area contributed by atoms with Gasteiger partial charge in [0, 0.05) is 12.5 Å². The summed E-state index contributed by atoms with van der Waals surface area (Å²) in [4.78, 5) is 11.7. The predicted octanol–water partition coefficient (Wildman–Crippen LogP) is 2.16. The van der Waals surface area contributed by atoms with E-state index in [-0.39, 0.29) is 24.1 Å². The maximum absolute atomic E-state index is 11.7. The van der Waals surface area contributed by atoms with E-state index in [0.29, 0.717) is 5.69 Å². The van der Waals surface area contributed by atoms with Gasteiger partial charge in [0.1, 0.15) is 5.75 Å². The quantitative estimate of drug-likeness (QED) is 0.686. The van der Waals surface area contributed by atoms with Crippen molar-refractivity contribution in [1.82, 2.24) is 0 Å². The zero-order chi connectivity index (χ0) is 12.8. The lowest BCUT2D eigenvalue weighted by atomic mass is 10.1. The maximum atomic E-state index is 11.7. The fourth-order valence-corrected chi connectivity index (χ4v) is 1.66. The number of aryl methyl sites for hydroxylation is 1. The average molecular weight is 236 g/mol. The van der Waals surface area contributed by atoms with Crippen LogP contribution in [0.25, 0.3) is 0 Å². The molecule has 0 saturated carbocycles. The number of phenolic OH excluding ortho intramolecular Hbond substituents is 1. The minimum atomic E-state index is -0.160. The fraction of sp³-hybridized carbons (Fsp3) is 0.462. The van der Waals surface area contributed by atoms with Crippen LogP contribution in [0.1, 0.15) is 31.7 Å². The Morgan fingerprint density at radius 1 is 1.53 bits per heavy atom. The van der Waals surface area contributed by atoms with E-state index in [2.05, 4.69) is 5.32 Å². The molecule has 1 aromatic carbocycles. The summed E-state index contributed by atoms with van der Waals surface area (Å²) in [7, 11) is 0. The summed E-state index contributed by atoms with van der Waals surface area (Å²) >= 11 is 0. The number of hydrogen-bond donors (Lipinski definition) is 3. The summed E-state index contributed by atoms with van der Waals surface area (Å²) in [6, 6.07) is 4.97. The van der Waals surface area contributed by atoms with Gasteiger partial charge in [-0.05, 0) is 31.0 Å². The number of benzene rings is 1. The number of nitrogens with one attached hydrogen (secondary N) is 1. The summed E-state index contributed by atoms with van der Waals surface area (Å²) in [5.41, 5.74) is 7.21. The molecule has 1 atom stereocenters. The Labute approximate surface area is 102 Å². The monoisotopic (exact) mass is 236 g/mol. The fourth-order valence-electron chi connectivity index (χ4n) is 1.66. The molecule has 1 rings (SSSR count). The molecule has 4 heteroatoms. The van der Waals surface area contributed by atoms with Gasteiger partial charge in [0.15, 0.2) is 0 Å². The van der Waals surface area contributed by atoms with Gasteiger partial charge in [-0.2, -0.15) is 0 Å². The van der Waals surface area contributed by atoms with Crippen LogP contribution in [0.15, 0.2) is 18.2 Å². The van der Waals surface area contributed by atoms with E-state index in [4.69, 9.17) is 5.73 Å². The molecule has 4 nitrogen and oxygen atoms in total. The molecule has 1 aromatic rings. The largest absolute Gasteiger partial charge is 0.506 e. The molecule has 1 amide bonds. The molecule has 17 heavy (non-hydrogen) atoms. The van der Waals surface area contributed by atoms with Gasteiger partial charge in [0.2, 0.25) is 5.91 Å². The zero-order valence-electron chi connectivity index (χ0n) is 10.4. The van der Waals surface area contributed by atoms with Crippen molar-refractivity contribution in [2.24, 2.45) is 5.73 Å². The molecule has 0 radical (unpaired) electrons. The lowest BCUT2D eigenvalue weighted by molar-refractivity contribution is -0.116. The second-order valence-corrected chi connectivity index (χ2v) is 4.32. The average Bonchev–Trinajstić information content (AvgIpc) is 2.23. The summed E-state index contributed by atoms with van der Waals surface area (Å²) in [6.45, 7) is 3.93. The molecule has 4 N–H and O–H groups in total. The molecule has 0 heterocycles. The molecular weight excluding hydrogens is 216 g/mol. The number of rotatable bonds is 5. The van der Waals surface area contributed by atoms with Crippen molar-refractivity contribution in [3.05, 3.63) is 23.8 Å². The molecule has 0 fully saturated rings. The summed E-state index contributed by atoms with van der Waals surface area (Å²) in [6.07, 6.45) is 2.07. The Balaban J connectivity index is 2.58. The Morgan fingerprint density at radius 2 is 2.24 bits per heavy atom. The van der Waals surface area contributed by atoms with Crippen molar-refractivity contribution in [2.75, 3.05) is 5.32 Å². The smallest absolute Gasteiger partial charge is 0.226 e. The van der Waals surface area contributed by atoms with Crippen molar-refractivity contribution in [1.29, 1.82) is 0 Å². The van der Waals surface area contributed by atoms with Gasteiger partial charge in [-0.3, -0.25) is 4.79 Å². The molecule has 0 aromatic heterocycles. The molecule has 0 saturated heterocycles. The van der Waals surface area contributed by atoms with Crippen molar-refractivity contribution in [3.63, 3.8) is 0 Å². The SMILES string of the molecule is CCCC(N)CC(=O)Nc1cc(C)ccc1O. The Bertz CT molecular complexity index is 391. The first-order chi connectivity index (χ1) is 8.02. The van der Waals surface area contributed by atoms with E-state index >= 15 is 0 Å². The predicted molar refractivity (Wildman–Crippen MR) is 69.0 cm³/mol. The molecule has 94 valence electrons. The number of aromatic hydroxyl groups is 1. The Hall–Kier alpha value is -1.55. The highest BCUT2D eigenvalue weighted by molar-refractivity contribution is 5.92. The summed E-state index contributed by atoms with van der Waals surface area (Å²) in [5.74, 6) is -0.0835. The molecule has 0 aliphatic heterocycles. The van der Waals surface area contributed by atoms with Gasteiger partial charge in [0.05, 0.1) is 5.69 Å². The topological polar surface area (TPSA) is 75.4 Å². The Morgan fingerprint density at radius 3 is 2.88 bits per heavy atom. The highest BCUT2D eigenvalue weighted by atomic mass is 16.3. The van der Waals surface area contributed by atoms with Crippen molar-refractivity contribution in [2.45, 2.75) is 39.2 Å². The minimum Gasteiger partial charge on any atom is -0.506 e. The van der Waals surface area contributed by atoms with Crippen LogP contribution in [0.4, 0.5) is 5.69 Å². The van der Waals surface area contributed by atoms with Crippen molar-refractivity contribution in [3.8, 4) is 5.75 Å². The second-order valence-electron chi connectivity index (χ2n) is 4.32. The first-order valence-electron chi connectivity index (χ1n) is 5.88. The van der Waals surface area contributed by atoms with E-state index in [1.54, 1.807) is 18.2 Å². The molecule has 0 aliphatic carbocycles. The van der Waals surface area contributed by atoms with E-state index < -0.39 is 0 Å². The van der Waals surface area contributed by atoms with Gasteiger partial charge < -0.3 is 16.2 Å². The van der Waals surface area contributed by atoms with Crippen molar-refractivity contribution < 1.29 is 9.90 Å². The van der Waals surface area contributed by atoms with Gasteiger partial charge in [-0.25, -0.2) is 0 Å². The number of amides is 1. The molecule has 0 aliphatic rings. The van der Waals surface area contributed by atoms with Crippen molar-refractivity contribution >= 4 is 11.6 Å². The van der Waals surface area contributed by atoms with Gasteiger partial charge in [-0.1, -0.05) is 19.4 Å². The zero-order valence-corrected chi connectivity index (χ0v) is 10.4. The maximum Gasteiger partial charge on any atom is 0.226 e. The minimum absolute atomic E-state index is 0.0769. The van der Waals surface area contributed by atoms with Crippen LogP contribution in [0, 0.1) is 6.92 Å². The molecular formula is C13H20N2O2. The number of nitrogens with two attached hydrogens (primary N) is 1. The van der Waals surface area contributed by atoms with Gasteiger partial charge >= 0.3 is 0 Å². The third kappa shape index (κ3) is 4.44. The van der Waals surface area contributed by atoms with Gasteiger partial charge in [0.25, 0.3) is 0 Å². The second kappa shape index (κ2) is 6.25. The van der Waals surface area contributed by atoms with E-state index in [0.717, 1.165) is 18.4 Å². The number of carbonyl (C=O) groups excluding carboxylic acids is 1. The third-order valence-corrected chi connectivity index (χ3v) is 2.53. The number of carbonyl (C=O) groups is 1. The van der Waals surface area contributed by atoms with Crippen LogP contribution in [-0.2, 0) is 4.79 Å². The van der Waals surface area contributed by atoms with Crippen LogP contribution in [0.2, 0.25) is 0 Å². The number of anilines is 1. The molecule has 0 bridgehead atoms. The van der Waals surface area contributed by atoms with Crippen LogP contribution >= 0.6 is 0 Å². The standard InChI is InChI=1S/C13H20N2O2/c1-3-4-10(14)8-13(17)15-11-7-9(2)5-6-12(11)16/h5-7,10,16H,3-4,8,14H2,1-2H3,(H,15,17). The Kier molecular flexibility index (Phi) is 4.97. The highest BCUT2D eigenvalue weighted by Crippen LogP contribution is 2.23. The number of hydrogen-bond acceptors (Lipinski definition) is 3. The van der Waals surface area contributed by atoms with Crippen LogP contribution < -0.4 is 11.1 Å². The summed E-state index contributed by atoms with van der Waals surface area (Å²) in [5, 5.41) is 12.2. The van der Waals surface area contributed by atoms with Gasteiger partial charge in [-0.15, -0.1) is 0 Å². The molecule has 0 spiro atoms. The summed E-state index contributed by atoms with van der Waals surface area (Å²) < 4.78 is 0. The van der Waals surface area contributed by atoms with E-state index in [1.807, 2.05) is 13.8 Å². The number of phenols is 1. The first kappa shape index (κ1) is 13.5. The highest BCUT2D eigenvalue weighted by Gasteiger charge is 2.10. The molecule has 1 unspecified atom stereocenters. The van der Waals surface area contributed by atoms with E-state index in [1.165, 1.54) is 0 Å². The van der Waals surface area contributed by atoms with E-state index in [9.17, 15) is 9.90 Å². The normalized spacial score (nSPS) is 12.2. The van der Waals surface area contributed by atoms with Crippen LogP contribution in [0.3, 0.4) is 0 Å².